The number of nitrogens with one attached hydrogen (secondary N) is 2. The molecular weight excluding hydrogens is 282 g/mol. The van der Waals surface area contributed by atoms with E-state index >= 15 is 0 Å². The molecule has 0 saturated carbocycles. The highest BCUT2D eigenvalue weighted by atomic mass is 35.5. The zero-order valence-electron chi connectivity index (χ0n) is 11.1. The highest BCUT2D eigenvalue weighted by molar-refractivity contribution is 7.80. The molecule has 0 aliphatic carbocycles. The van der Waals surface area contributed by atoms with Crippen molar-refractivity contribution in [3.63, 3.8) is 0 Å². The van der Waals surface area contributed by atoms with E-state index in [2.05, 4.69) is 10.6 Å². The Labute approximate surface area is 124 Å². The lowest BCUT2D eigenvalue weighted by Crippen LogP contribution is -2.44. The summed E-state index contributed by atoms with van der Waals surface area (Å²) in [7, 11) is 1.75. The van der Waals surface area contributed by atoms with Gasteiger partial charge in [-0.2, -0.15) is 0 Å². The van der Waals surface area contributed by atoms with Crippen molar-refractivity contribution < 1.29 is 4.79 Å². The van der Waals surface area contributed by atoms with E-state index in [-0.39, 0.29) is 12.5 Å². The Morgan fingerprint density at radius 1 is 1.37 bits per heavy atom. The average Bonchev–Trinajstić information content (AvgIpc) is 2.43. The zero-order chi connectivity index (χ0) is 14.3. The van der Waals surface area contributed by atoms with Crippen molar-refractivity contribution in [2.75, 3.05) is 20.1 Å². The zero-order valence-corrected chi connectivity index (χ0v) is 12.6. The molecule has 0 heterocycles. The van der Waals surface area contributed by atoms with Crippen LogP contribution in [0.4, 0.5) is 0 Å². The van der Waals surface area contributed by atoms with Crippen LogP contribution in [0.15, 0.2) is 24.3 Å². The number of nitrogens with zero attached hydrogens (tertiary/aromatic N) is 1. The molecular formula is C13H18ClN3OS. The van der Waals surface area contributed by atoms with Crippen molar-refractivity contribution in [2.45, 2.75) is 13.5 Å². The molecule has 1 aromatic carbocycles. The van der Waals surface area contributed by atoms with Gasteiger partial charge in [-0.3, -0.25) is 4.79 Å². The Morgan fingerprint density at radius 3 is 2.53 bits per heavy atom. The predicted octanol–water partition coefficient (Wildman–Crippen LogP) is 1.78. The largest absolute Gasteiger partial charge is 0.366 e. The molecule has 104 valence electrons. The SMILES string of the molecule is CCN(CC(=O)NCc1ccc(Cl)cc1)C(=S)NC. The van der Waals surface area contributed by atoms with Crippen LogP contribution in [0.1, 0.15) is 12.5 Å². The molecule has 0 fully saturated rings. The number of hydrogen-bond donors (Lipinski definition) is 2. The van der Waals surface area contributed by atoms with Crippen LogP contribution >= 0.6 is 23.8 Å². The van der Waals surface area contributed by atoms with Gasteiger partial charge in [-0.25, -0.2) is 0 Å². The van der Waals surface area contributed by atoms with Gasteiger partial charge in [-0.05, 0) is 36.8 Å². The van der Waals surface area contributed by atoms with Gasteiger partial charge in [0.25, 0.3) is 0 Å². The van der Waals surface area contributed by atoms with Crippen LogP contribution in [0.25, 0.3) is 0 Å². The number of halogens is 1. The minimum Gasteiger partial charge on any atom is -0.366 e. The maximum Gasteiger partial charge on any atom is 0.239 e. The van der Waals surface area contributed by atoms with E-state index in [0.717, 1.165) is 5.56 Å². The van der Waals surface area contributed by atoms with Gasteiger partial charge in [0.15, 0.2) is 5.11 Å². The Morgan fingerprint density at radius 2 is 2.00 bits per heavy atom. The van der Waals surface area contributed by atoms with Crippen molar-refractivity contribution in [1.29, 1.82) is 0 Å². The van der Waals surface area contributed by atoms with Gasteiger partial charge in [0, 0.05) is 25.2 Å². The van der Waals surface area contributed by atoms with Gasteiger partial charge in [0.1, 0.15) is 0 Å². The van der Waals surface area contributed by atoms with Crippen molar-refractivity contribution in [3.05, 3.63) is 34.9 Å². The molecule has 0 unspecified atom stereocenters. The molecule has 0 aliphatic heterocycles. The van der Waals surface area contributed by atoms with Gasteiger partial charge in [0.2, 0.25) is 5.91 Å². The van der Waals surface area contributed by atoms with E-state index in [1.54, 1.807) is 24.1 Å². The summed E-state index contributed by atoms with van der Waals surface area (Å²) in [5, 5.41) is 6.98. The van der Waals surface area contributed by atoms with Gasteiger partial charge in [-0.15, -0.1) is 0 Å². The second-order valence-corrected chi connectivity index (χ2v) is 4.80. The molecule has 2 N–H and O–H groups in total. The quantitative estimate of drug-likeness (QED) is 0.814. The van der Waals surface area contributed by atoms with Crippen molar-refractivity contribution >= 4 is 34.8 Å². The molecule has 0 aromatic heterocycles. The highest BCUT2D eigenvalue weighted by Crippen LogP contribution is 2.09. The van der Waals surface area contributed by atoms with Gasteiger partial charge in [-0.1, -0.05) is 23.7 Å². The fourth-order valence-electron chi connectivity index (χ4n) is 1.52. The molecule has 0 aliphatic rings. The van der Waals surface area contributed by atoms with Crippen molar-refractivity contribution in [3.8, 4) is 0 Å². The van der Waals surface area contributed by atoms with Gasteiger partial charge in [0.05, 0.1) is 6.54 Å². The summed E-state index contributed by atoms with van der Waals surface area (Å²) in [5.74, 6) is -0.0607. The molecule has 4 nitrogen and oxygen atoms in total. The average molecular weight is 300 g/mol. The topological polar surface area (TPSA) is 44.4 Å². The van der Waals surface area contributed by atoms with Crippen molar-refractivity contribution in [1.82, 2.24) is 15.5 Å². The summed E-state index contributed by atoms with van der Waals surface area (Å²) < 4.78 is 0. The predicted molar refractivity (Wildman–Crippen MR) is 82.2 cm³/mol. The lowest BCUT2D eigenvalue weighted by molar-refractivity contribution is -0.121. The van der Waals surface area contributed by atoms with Crippen LogP contribution in [0, 0.1) is 0 Å². The Hall–Kier alpha value is -1.33. The number of carbonyl (C=O) groups is 1. The molecule has 0 bridgehead atoms. The number of carbonyl (C=O) groups excluding carboxylic acids is 1. The smallest absolute Gasteiger partial charge is 0.239 e. The molecule has 0 atom stereocenters. The summed E-state index contributed by atoms with van der Waals surface area (Å²) >= 11 is 10.9. The first-order chi connectivity index (χ1) is 9.06. The van der Waals surface area contributed by atoms with E-state index in [0.29, 0.717) is 23.2 Å². The fourth-order valence-corrected chi connectivity index (χ4v) is 1.84. The Kier molecular flexibility index (Phi) is 6.59. The summed E-state index contributed by atoms with van der Waals surface area (Å²) in [4.78, 5) is 13.6. The van der Waals surface area contributed by atoms with Crippen molar-refractivity contribution in [2.24, 2.45) is 0 Å². The minimum atomic E-state index is -0.0607. The van der Waals surface area contributed by atoms with Crippen LogP contribution in [0.3, 0.4) is 0 Å². The fraction of sp³-hybridized carbons (Fsp3) is 0.385. The van der Waals surface area contributed by atoms with E-state index < -0.39 is 0 Å². The molecule has 0 spiro atoms. The van der Waals surface area contributed by atoms with Crippen LogP contribution in [0.5, 0.6) is 0 Å². The first-order valence-corrected chi connectivity index (χ1v) is 6.83. The molecule has 1 rings (SSSR count). The van der Waals surface area contributed by atoms with Crippen LogP contribution in [-0.2, 0) is 11.3 Å². The first kappa shape index (κ1) is 15.7. The lowest BCUT2D eigenvalue weighted by atomic mass is 10.2. The van der Waals surface area contributed by atoms with Gasteiger partial charge < -0.3 is 15.5 Å². The van der Waals surface area contributed by atoms with E-state index in [4.69, 9.17) is 23.8 Å². The summed E-state index contributed by atoms with van der Waals surface area (Å²) in [5.41, 5.74) is 1.01. The number of likely N-dealkylation sites (N-methyl/N-ethyl adjacent to an activating group) is 1. The van der Waals surface area contributed by atoms with E-state index in [1.807, 2.05) is 19.1 Å². The third-order valence-electron chi connectivity index (χ3n) is 2.62. The van der Waals surface area contributed by atoms with E-state index in [1.165, 1.54) is 0 Å². The number of benzene rings is 1. The van der Waals surface area contributed by atoms with Crippen LogP contribution < -0.4 is 10.6 Å². The second kappa shape index (κ2) is 7.96. The van der Waals surface area contributed by atoms with Gasteiger partial charge >= 0.3 is 0 Å². The molecule has 6 heteroatoms. The summed E-state index contributed by atoms with van der Waals surface area (Å²) in [6, 6.07) is 7.38. The number of thiocarbonyl (C=S) groups is 1. The Balaban J connectivity index is 2.42. The van der Waals surface area contributed by atoms with E-state index in [9.17, 15) is 4.79 Å². The lowest BCUT2D eigenvalue weighted by Gasteiger charge is -2.22. The van der Waals surface area contributed by atoms with Crippen LogP contribution in [-0.4, -0.2) is 36.1 Å². The third kappa shape index (κ3) is 5.44. The number of rotatable bonds is 5. The third-order valence-corrected chi connectivity index (χ3v) is 3.33. The highest BCUT2D eigenvalue weighted by Gasteiger charge is 2.10. The Bertz CT molecular complexity index is 436. The maximum atomic E-state index is 11.8. The van der Waals surface area contributed by atoms with Crippen LogP contribution in [0.2, 0.25) is 5.02 Å². The molecule has 0 radical (unpaired) electrons. The number of hydrogen-bond acceptors (Lipinski definition) is 2. The monoisotopic (exact) mass is 299 g/mol. The maximum absolute atomic E-state index is 11.8. The summed E-state index contributed by atoms with van der Waals surface area (Å²) in [6.07, 6.45) is 0. The second-order valence-electron chi connectivity index (χ2n) is 3.97. The number of amides is 1. The standard InChI is InChI=1S/C13H18ClN3OS/c1-3-17(13(19)15-2)9-12(18)16-8-10-4-6-11(14)7-5-10/h4-7H,3,8-9H2,1-2H3,(H,15,19)(H,16,18). The molecule has 19 heavy (non-hydrogen) atoms. The minimum absolute atomic E-state index is 0.0607. The summed E-state index contributed by atoms with van der Waals surface area (Å²) in [6.45, 7) is 3.38. The first-order valence-electron chi connectivity index (χ1n) is 6.04. The molecule has 1 aromatic rings. The normalized spacial score (nSPS) is 9.84. The molecule has 1 amide bonds. The molecule has 0 saturated heterocycles.